The molecule has 238 valence electrons. The van der Waals surface area contributed by atoms with E-state index in [1.165, 1.54) is 10.6 Å². The molecule has 4 aromatic rings. The predicted octanol–water partition coefficient (Wildman–Crippen LogP) is 6.26. The third-order valence-corrected chi connectivity index (χ3v) is 8.02. The number of halogens is 1. The molecule has 0 aliphatic carbocycles. The van der Waals surface area contributed by atoms with Crippen LogP contribution in [0.4, 0.5) is 15.0 Å². The fourth-order valence-electron chi connectivity index (χ4n) is 5.99. The molecule has 3 aromatic heterocycles. The average Bonchev–Trinajstić information content (AvgIpc) is 2.93. The Bertz CT molecular complexity index is 1850. The molecule has 0 saturated carbocycles. The summed E-state index contributed by atoms with van der Waals surface area (Å²) in [7, 11) is 0. The smallest absolute Gasteiger partial charge is 0.410 e. The van der Waals surface area contributed by atoms with E-state index >= 15 is 4.39 Å². The highest BCUT2D eigenvalue weighted by Gasteiger charge is 2.36. The van der Waals surface area contributed by atoms with Gasteiger partial charge in [0, 0.05) is 30.7 Å². The van der Waals surface area contributed by atoms with E-state index in [0.29, 0.717) is 64.1 Å². The number of pyridine rings is 1. The fraction of sp³-hybridized carbons (Fsp3) is 0.471. The van der Waals surface area contributed by atoms with E-state index in [-0.39, 0.29) is 24.1 Å². The average molecular weight is 616 g/mol. The first-order chi connectivity index (χ1) is 21.1. The van der Waals surface area contributed by atoms with Crippen LogP contribution >= 0.6 is 0 Å². The molecule has 11 heteroatoms. The molecule has 0 radical (unpaired) electrons. The zero-order valence-electron chi connectivity index (χ0n) is 27.8. The van der Waals surface area contributed by atoms with Gasteiger partial charge < -0.3 is 14.5 Å². The van der Waals surface area contributed by atoms with E-state index in [1.807, 2.05) is 80.2 Å². The van der Waals surface area contributed by atoms with Crippen molar-refractivity contribution in [2.45, 2.75) is 92.8 Å². The Kier molecular flexibility index (Phi) is 8.41. The number of piperazine rings is 1. The maximum absolute atomic E-state index is 15.1. The van der Waals surface area contributed by atoms with Gasteiger partial charge in [0.2, 0.25) is 0 Å². The van der Waals surface area contributed by atoms with Crippen LogP contribution in [0.1, 0.15) is 77.2 Å². The molecule has 1 aromatic carbocycles. The molecule has 5 rings (SSSR count). The lowest BCUT2D eigenvalue weighted by atomic mass is 10.0. The number of anilines is 1. The normalized spacial score (nSPS) is 17.3. The van der Waals surface area contributed by atoms with Crippen molar-refractivity contribution in [3.63, 3.8) is 0 Å². The van der Waals surface area contributed by atoms with E-state index in [9.17, 15) is 9.59 Å². The van der Waals surface area contributed by atoms with Crippen LogP contribution in [0.25, 0.3) is 28.0 Å². The number of rotatable bonds is 4. The van der Waals surface area contributed by atoms with Crippen LogP contribution in [-0.4, -0.2) is 66.3 Å². The second-order valence-electron chi connectivity index (χ2n) is 13.3. The van der Waals surface area contributed by atoms with Gasteiger partial charge in [0.1, 0.15) is 23.1 Å². The number of nitrogens with zero attached hydrogens (tertiary/aromatic N) is 7. The molecule has 2 atom stereocenters. The maximum atomic E-state index is 15.1. The molecule has 1 amide bonds. The minimum absolute atomic E-state index is 0.0275. The minimum atomic E-state index is -0.620. The van der Waals surface area contributed by atoms with Crippen LogP contribution in [0, 0.1) is 26.6 Å². The number of ether oxygens (including phenoxy) is 1. The Morgan fingerprint density at radius 2 is 1.69 bits per heavy atom. The fourth-order valence-corrected chi connectivity index (χ4v) is 5.99. The first kappa shape index (κ1) is 32.0. The second kappa shape index (κ2) is 11.8. The van der Waals surface area contributed by atoms with Gasteiger partial charge in [-0.05, 0) is 85.1 Å². The summed E-state index contributed by atoms with van der Waals surface area (Å²) in [6.07, 6.45) is -0.377. The Hall–Kier alpha value is -4.41. The van der Waals surface area contributed by atoms with Gasteiger partial charge in [-0.15, -0.1) is 0 Å². The van der Waals surface area contributed by atoms with Crippen LogP contribution in [0.3, 0.4) is 0 Å². The third-order valence-electron chi connectivity index (χ3n) is 8.02. The van der Waals surface area contributed by atoms with E-state index in [0.717, 1.165) is 5.56 Å². The van der Waals surface area contributed by atoms with Crippen LogP contribution in [0.5, 0.6) is 0 Å². The van der Waals surface area contributed by atoms with Crippen LogP contribution in [0.2, 0.25) is 0 Å². The monoisotopic (exact) mass is 615 g/mol. The van der Waals surface area contributed by atoms with Gasteiger partial charge in [-0.1, -0.05) is 26.0 Å². The first-order valence-electron chi connectivity index (χ1n) is 15.4. The SMILES string of the molecule is Cc1nc(C)c(-n2c(=O)nc(N3C[C@@H](C)N(C(=O)OC(C)(C)C)C[C@@H]3C)c3cc(C)c(-c4ccccc4F)nc32)c(C(C)C)n1. The number of carbonyl (C=O) groups excluding carboxylic acids is 1. The molecule has 45 heavy (non-hydrogen) atoms. The van der Waals surface area contributed by atoms with E-state index < -0.39 is 17.1 Å². The Balaban J connectivity index is 1.76. The van der Waals surface area contributed by atoms with Gasteiger partial charge >= 0.3 is 11.8 Å². The Morgan fingerprint density at radius 3 is 2.33 bits per heavy atom. The number of hydrogen-bond donors (Lipinski definition) is 0. The summed E-state index contributed by atoms with van der Waals surface area (Å²) in [6.45, 7) is 19.8. The number of benzene rings is 1. The zero-order chi connectivity index (χ0) is 33.0. The summed E-state index contributed by atoms with van der Waals surface area (Å²) >= 11 is 0. The van der Waals surface area contributed by atoms with Gasteiger partial charge in [0.05, 0.1) is 28.2 Å². The van der Waals surface area contributed by atoms with Crippen molar-refractivity contribution in [3.05, 3.63) is 69.4 Å². The lowest BCUT2D eigenvalue weighted by Gasteiger charge is -2.44. The summed E-state index contributed by atoms with van der Waals surface area (Å²) in [5, 5.41) is 0.631. The molecule has 0 spiro atoms. The lowest BCUT2D eigenvalue weighted by Crippen LogP contribution is -2.59. The van der Waals surface area contributed by atoms with E-state index in [2.05, 4.69) is 9.97 Å². The molecular formula is C34H42FN7O3. The number of aryl methyl sites for hydroxylation is 3. The van der Waals surface area contributed by atoms with Crippen molar-refractivity contribution in [3.8, 4) is 16.9 Å². The molecule has 0 N–H and O–H groups in total. The maximum Gasteiger partial charge on any atom is 0.410 e. The number of amides is 1. The van der Waals surface area contributed by atoms with E-state index in [1.54, 1.807) is 23.1 Å². The van der Waals surface area contributed by atoms with Crippen molar-refractivity contribution >= 4 is 22.9 Å². The van der Waals surface area contributed by atoms with E-state index in [4.69, 9.17) is 14.7 Å². The van der Waals surface area contributed by atoms with Gasteiger partial charge in [-0.2, -0.15) is 4.98 Å². The largest absolute Gasteiger partial charge is 0.444 e. The molecule has 1 saturated heterocycles. The molecule has 0 unspecified atom stereocenters. The Morgan fingerprint density at radius 1 is 1.00 bits per heavy atom. The van der Waals surface area contributed by atoms with Gasteiger partial charge in [-0.3, -0.25) is 0 Å². The van der Waals surface area contributed by atoms with Gasteiger partial charge in [0.15, 0.2) is 5.65 Å². The number of hydrogen-bond acceptors (Lipinski definition) is 8. The first-order valence-corrected chi connectivity index (χ1v) is 15.4. The standard InChI is InChI=1S/C34H42FN7O3/c1-18(2)27-29(22(6)36-23(7)37-27)42-31-25(15-19(3)28(38-31)24-13-11-12-14-26(24)35)30(39-32(42)43)40-16-21(5)41(17-20(40)4)33(44)45-34(8,9)10/h11-15,18,20-21H,16-17H2,1-10H3/t20-,21+/m0/s1. The highest BCUT2D eigenvalue weighted by atomic mass is 19.1. The van der Waals surface area contributed by atoms with Crippen molar-refractivity contribution in [2.75, 3.05) is 18.0 Å². The van der Waals surface area contributed by atoms with Crippen molar-refractivity contribution in [1.29, 1.82) is 0 Å². The zero-order valence-corrected chi connectivity index (χ0v) is 27.8. The van der Waals surface area contributed by atoms with Crippen LogP contribution in [0.15, 0.2) is 35.1 Å². The summed E-state index contributed by atoms with van der Waals surface area (Å²) in [6, 6.07) is 7.98. The highest BCUT2D eigenvalue weighted by molar-refractivity contribution is 5.91. The number of fused-ring (bicyclic) bond motifs is 1. The number of carbonyl (C=O) groups is 1. The third kappa shape index (κ3) is 6.12. The van der Waals surface area contributed by atoms with Gasteiger partial charge in [-0.25, -0.2) is 33.5 Å². The van der Waals surface area contributed by atoms with Gasteiger partial charge in [0.25, 0.3) is 0 Å². The van der Waals surface area contributed by atoms with Crippen molar-refractivity contribution in [2.24, 2.45) is 0 Å². The summed E-state index contributed by atoms with van der Waals surface area (Å²) in [5.74, 6) is 0.625. The van der Waals surface area contributed by atoms with Crippen molar-refractivity contribution in [1.82, 2.24) is 29.4 Å². The Labute approximate surface area is 263 Å². The quantitative estimate of drug-likeness (QED) is 0.265. The molecule has 4 heterocycles. The molecular weight excluding hydrogens is 573 g/mol. The summed E-state index contributed by atoms with van der Waals surface area (Å²) < 4.78 is 22.3. The lowest BCUT2D eigenvalue weighted by molar-refractivity contribution is 0.0130. The van der Waals surface area contributed by atoms with Crippen molar-refractivity contribution < 1.29 is 13.9 Å². The number of aromatic nitrogens is 5. The molecule has 1 fully saturated rings. The molecule has 1 aliphatic rings. The topological polar surface area (TPSA) is 106 Å². The minimum Gasteiger partial charge on any atom is -0.444 e. The highest BCUT2D eigenvalue weighted by Crippen LogP contribution is 2.34. The second-order valence-corrected chi connectivity index (χ2v) is 13.3. The summed E-state index contributed by atoms with van der Waals surface area (Å²) in [5.41, 5.74) is 2.51. The summed E-state index contributed by atoms with van der Waals surface area (Å²) in [4.78, 5) is 50.0. The predicted molar refractivity (Wildman–Crippen MR) is 174 cm³/mol. The molecule has 1 aliphatic heterocycles. The van der Waals surface area contributed by atoms with Crippen LogP contribution < -0.4 is 10.6 Å². The molecule has 0 bridgehead atoms. The van der Waals surface area contributed by atoms with Crippen LogP contribution in [-0.2, 0) is 4.74 Å². The molecule has 10 nitrogen and oxygen atoms in total.